The van der Waals surface area contributed by atoms with E-state index in [9.17, 15) is 9.59 Å². The number of rotatable bonds is 6. The predicted molar refractivity (Wildman–Crippen MR) is 72.9 cm³/mol. The molecule has 0 atom stereocenters. The van der Waals surface area contributed by atoms with Crippen LogP contribution in [0.1, 0.15) is 19.5 Å². The van der Waals surface area contributed by atoms with E-state index in [-0.39, 0.29) is 18.8 Å². The molecule has 0 spiro atoms. The Bertz CT molecular complexity index is 500. The van der Waals surface area contributed by atoms with Crippen molar-refractivity contribution in [1.82, 2.24) is 9.78 Å². The van der Waals surface area contributed by atoms with E-state index in [0.29, 0.717) is 5.82 Å². The molecule has 0 unspecified atom stereocenters. The molecule has 0 bridgehead atoms. The van der Waals surface area contributed by atoms with Gasteiger partial charge in [0.15, 0.2) is 5.57 Å². The normalized spacial score (nSPS) is 9.80. The van der Waals surface area contributed by atoms with Gasteiger partial charge in [0.2, 0.25) is 0 Å². The van der Waals surface area contributed by atoms with Gasteiger partial charge in [-0.3, -0.25) is 4.68 Å². The lowest BCUT2D eigenvalue weighted by Crippen LogP contribution is -2.19. The summed E-state index contributed by atoms with van der Waals surface area (Å²) in [6, 6.07) is 1.78. The topological polar surface area (TPSA) is 82.5 Å². The van der Waals surface area contributed by atoms with Gasteiger partial charge in [-0.15, -0.1) is 0 Å². The first-order chi connectivity index (χ1) is 9.49. The van der Waals surface area contributed by atoms with Crippen LogP contribution in [-0.4, -0.2) is 34.9 Å². The van der Waals surface area contributed by atoms with E-state index < -0.39 is 11.9 Å². The number of hydrogen-bond donors (Lipinski definition) is 1. The van der Waals surface area contributed by atoms with Crippen molar-refractivity contribution < 1.29 is 19.1 Å². The van der Waals surface area contributed by atoms with Crippen molar-refractivity contribution in [1.29, 1.82) is 0 Å². The highest BCUT2D eigenvalue weighted by Gasteiger charge is 2.21. The van der Waals surface area contributed by atoms with Gasteiger partial charge in [-0.05, 0) is 20.8 Å². The third kappa shape index (κ3) is 4.11. The lowest BCUT2D eigenvalue weighted by Gasteiger charge is -2.07. The van der Waals surface area contributed by atoms with Crippen LogP contribution >= 0.6 is 0 Å². The molecule has 1 heterocycles. The number of aromatic nitrogens is 2. The molecule has 0 saturated heterocycles. The zero-order chi connectivity index (χ0) is 15.1. The van der Waals surface area contributed by atoms with E-state index in [1.165, 1.54) is 6.20 Å². The number of hydrogen-bond acceptors (Lipinski definition) is 6. The maximum absolute atomic E-state index is 11.7. The molecule has 0 aliphatic heterocycles. The zero-order valence-electron chi connectivity index (χ0n) is 12.1. The van der Waals surface area contributed by atoms with Gasteiger partial charge in [0.1, 0.15) is 5.82 Å². The van der Waals surface area contributed by atoms with E-state index in [0.717, 1.165) is 5.69 Å². The number of nitrogens with one attached hydrogen (secondary N) is 1. The molecule has 0 aliphatic carbocycles. The van der Waals surface area contributed by atoms with Crippen molar-refractivity contribution in [3.63, 3.8) is 0 Å². The lowest BCUT2D eigenvalue weighted by atomic mass is 10.3. The van der Waals surface area contributed by atoms with Crippen molar-refractivity contribution >= 4 is 17.8 Å². The Kier molecular flexibility index (Phi) is 5.76. The second-order valence-electron chi connectivity index (χ2n) is 3.94. The quantitative estimate of drug-likeness (QED) is 0.364. The van der Waals surface area contributed by atoms with E-state index in [2.05, 4.69) is 10.4 Å². The third-order valence-electron chi connectivity index (χ3n) is 2.36. The monoisotopic (exact) mass is 281 g/mol. The minimum absolute atomic E-state index is 0.181. The molecule has 0 amide bonds. The summed E-state index contributed by atoms with van der Waals surface area (Å²) in [5.74, 6) is -0.803. The summed E-state index contributed by atoms with van der Waals surface area (Å²) < 4.78 is 11.2. The Morgan fingerprint density at radius 3 is 2.25 bits per heavy atom. The SMILES string of the molecule is CCOC(=O)C(=CNc1cc(C)nn1C)C(=O)OCC. The standard InChI is InChI=1S/C13H19N3O4/c1-5-19-12(17)10(13(18)20-6-2)8-14-11-7-9(3)15-16(11)4/h7-8,14H,5-6H2,1-4H3. The molecule has 7 nitrogen and oxygen atoms in total. The van der Waals surface area contributed by atoms with Crippen molar-refractivity contribution in [2.24, 2.45) is 7.05 Å². The molecule has 1 aromatic rings. The van der Waals surface area contributed by atoms with E-state index in [1.807, 2.05) is 6.92 Å². The van der Waals surface area contributed by atoms with Gasteiger partial charge in [-0.2, -0.15) is 5.10 Å². The number of anilines is 1. The van der Waals surface area contributed by atoms with Crippen LogP contribution in [0.4, 0.5) is 5.82 Å². The molecular formula is C13H19N3O4. The Morgan fingerprint density at radius 2 is 1.85 bits per heavy atom. The van der Waals surface area contributed by atoms with Crippen molar-refractivity contribution in [2.75, 3.05) is 18.5 Å². The van der Waals surface area contributed by atoms with Crippen molar-refractivity contribution in [3.05, 3.63) is 23.5 Å². The van der Waals surface area contributed by atoms with E-state index in [4.69, 9.17) is 9.47 Å². The van der Waals surface area contributed by atoms with Crippen LogP contribution in [0, 0.1) is 6.92 Å². The minimum Gasteiger partial charge on any atom is -0.462 e. The second-order valence-corrected chi connectivity index (χ2v) is 3.94. The number of nitrogens with zero attached hydrogens (tertiary/aromatic N) is 2. The molecule has 1 aromatic heterocycles. The summed E-state index contributed by atoms with van der Waals surface area (Å²) in [7, 11) is 1.75. The van der Waals surface area contributed by atoms with Gasteiger partial charge in [0.05, 0.1) is 18.9 Å². The van der Waals surface area contributed by atoms with Crippen molar-refractivity contribution in [2.45, 2.75) is 20.8 Å². The molecule has 0 radical (unpaired) electrons. The van der Waals surface area contributed by atoms with Crippen LogP contribution < -0.4 is 5.32 Å². The highest BCUT2D eigenvalue weighted by atomic mass is 16.6. The first kappa shape index (κ1) is 15.7. The number of aryl methyl sites for hydroxylation is 2. The predicted octanol–water partition coefficient (Wildman–Crippen LogP) is 1.15. The molecule has 7 heteroatoms. The van der Waals surface area contributed by atoms with Crippen molar-refractivity contribution in [3.8, 4) is 0 Å². The van der Waals surface area contributed by atoms with Gasteiger partial charge in [0.25, 0.3) is 0 Å². The summed E-state index contributed by atoms with van der Waals surface area (Å²) in [6.07, 6.45) is 1.27. The fraction of sp³-hybridized carbons (Fsp3) is 0.462. The van der Waals surface area contributed by atoms with Crippen LogP contribution in [0.5, 0.6) is 0 Å². The number of carbonyl (C=O) groups excluding carboxylic acids is 2. The summed E-state index contributed by atoms with van der Waals surface area (Å²) in [5.41, 5.74) is 0.629. The fourth-order valence-electron chi connectivity index (χ4n) is 1.51. The largest absolute Gasteiger partial charge is 0.462 e. The fourth-order valence-corrected chi connectivity index (χ4v) is 1.51. The van der Waals surface area contributed by atoms with E-state index in [1.54, 1.807) is 31.6 Å². The van der Waals surface area contributed by atoms with Crippen LogP contribution in [0.15, 0.2) is 17.8 Å². The summed E-state index contributed by atoms with van der Waals surface area (Å²) in [4.78, 5) is 23.4. The second kappa shape index (κ2) is 7.32. The molecule has 0 aromatic carbocycles. The average molecular weight is 281 g/mol. The molecule has 0 aliphatic rings. The highest BCUT2D eigenvalue weighted by molar-refractivity contribution is 6.14. The Balaban J connectivity index is 2.92. The van der Waals surface area contributed by atoms with Gasteiger partial charge < -0.3 is 14.8 Å². The molecule has 0 fully saturated rings. The number of carbonyl (C=O) groups is 2. The summed E-state index contributed by atoms with van der Waals surface area (Å²) in [6.45, 7) is 5.53. The van der Waals surface area contributed by atoms with Gasteiger partial charge in [0, 0.05) is 19.3 Å². The molecule has 110 valence electrons. The molecular weight excluding hydrogens is 262 g/mol. The van der Waals surface area contributed by atoms with Crippen LogP contribution in [-0.2, 0) is 26.1 Å². The average Bonchev–Trinajstić information content (AvgIpc) is 2.69. The highest BCUT2D eigenvalue weighted by Crippen LogP contribution is 2.10. The van der Waals surface area contributed by atoms with Gasteiger partial charge >= 0.3 is 11.9 Å². The maximum Gasteiger partial charge on any atom is 0.347 e. The summed E-state index contributed by atoms with van der Waals surface area (Å²) in [5, 5.41) is 6.99. The first-order valence-electron chi connectivity index (χ1n) is 6.31. The summed E-state index contributed by atoms with van der Waals surface area (Å²) >= 11 is 0. The lowest BCUT2D eigenvalue weighted by molar-refractivity contribution is -0.146. The third-order valence-corrected chi connectivity index (χ3v) is 2.36. The first-order valence-corrected chi connectivity index (χ1v) is 6.31. The zero-order valence-corrected chi connectivity index (χ0v) is 12.1. The Labute approximate surface area is 117 Å². The Morgan fingerprint density at radius 1 is 1.30 bits per heavy atom. The molecule has 20 heavy (non-hydrogen) atoms. The molecule has 1 rings (SSSR count). The van der Waals surface area contributed by atoms with Gasteiger partial charge in [-0.25, -0.2) is 9.59 Å². The number of ether oxygens (including phenoxy) is 2. The maximum atomic E-state index is 11.7. The number of esters is 2. The Hall–Kier alpha value is -2.31. The molecule has 1 N–H and O–H groups in total. The van der Waals surface area contributed by atoms with Crippen LogP contribution in [0.2, 0.25) is 0 Å². The van der Waals surface area contributed by atoms with E-state index >= 15 is 0 Å². The molecule has 0 saturated carbocycles. The van der Waals surface area contributed by atoms with Crippen LogP contribution in [0.3, 0.4) is 0 Å². The van der Waals surface area contributed by atoms with Gasteiger partial charge in [-0.1, -0.05) is 0 Å². The van der Waals surface area contributed by atoms with Crippen LogP contribution in [0.25, 0.3) is 0 Å². The smallest absolute Gasteiger partial charge is 0.347 e. The minimum atomic E-state index is -0.725.